The van der Waals surface area contributed by atoms with E-state index >= 15 is 0 Å². The summed E-state index contributed by atoms with van der Waals surface area (Å²) in [5.41, 5.74) is 0.776. The largest absolute Gasteiger partial charge is 0.493 e. The van der Waals surface area contributed by atoms with Crippen LogP contribution in [0.3, 0.4) is 0 Å². The van der Waals surface area contributed by atoms with E-state index in [0.717, 1.165) is 43.9 Å². The molecule has 8 heteroatoms. The van der Waals surface area contributed by atoms with Crippen molar-refractivity contribution in [1.29, 1.82) is 0 Å². The molecule has 0 aliphatic heterocycles. The van der Waals surface area contributed by atoms with Crippen LogP contribution in [0.1, 0.15) is 57.9 Å². The fraction of sp³-hybridized carbons (Fsp3) is 0.650. The molecule has 0 aromatic heterocycles. The molecule has 1 saturated carbocycles. The van der Waals surface area contributed by atoms with Crippen molar-refractivity contribution in [2.45, 2.75) is 71.0 Å². The van der Waals surface area contributed by atoms with Crippen LogP contribution in [0.4, 0.5) is 4.79 Å². The molecule has 1 fully saturated rings. The molecule has 0 spiro atoms. The summed E-state index contributed by atoms with van der Waals surface area (Å²) in [5.74, 6) is 0.454. The van der Waals surface area contributed by atoms with Gasteiger partial charge in [-0.15, -0.1) is 0 Å². The lowest BCUT2D eigenvalue weighted by atomic mass is 9.96. The zero-order valence-corrected chi connectivity index (χ0v) is 18.0. The molecule has 1 aliphatic rings. The molecular formula is C20H32N2O5S. The third-order valence-electron chi connectivity index (χ3n) is 5.14. The van der Waals surface area contributed by atoms with Gasteiger partial charge in [0.15, 0.2) is 11.5 Å². The predicted molar refractivity (Wildman–Crippen MR) is 109 cm³/mol. The number of nitrogens with zero attached hydrogens (tertiary/aromatic N) is 1. The molecule has 2 amide bonds. The number of rotatable bonds is 8. The van der Waals surface area contributed by atoms with Gasteiger partial charge < -0.3 is 19.1 Å². The molecule has 28 heavy (non-hydrogen) atoms. The second kappa shape index (κ2) is 10.0. The highest BCUT2D eigenvalue weighted by Gasteiger charge is 2.24. The van der Waals surface area contributed by atoms with Crippen molar-refractivity contribution in [3.8, 4) is 11.5 Å². The summed E-state index contributed by atoms with van der Waals surface area (Å²) in [6.45, 7) is 4.41. The highest BCUT2D eigenvalue weighted by atomic mass is 32.2. The molecule has 1 aromatic carbocycles. The topological polar surface area (TPSA) is 84.9 Å². The van der Waals surface area contributed by atoms with Gasteiger partial charge in [-0.25, -0.2) is 4.79 Å². The van der Waals surface area contributed by atoms with Crippen molar-refractivity contribution < 1.29 is 22.1 Å². The van der Waals surface area contributed by atoms with E-state index in [9.17, 15) is 13.2 Å². The van der Waals surface area contributed by atoms with Crippen LogP contribution in [0.25, 0.3) is 0 Å². The number of hydrogen-bond acceptors (Lipinski definition) is 5. The Bertz CT molecular complexity index is 760. The Kier molecular flexibility index (Phi) is 7.98. The van der Waals surface area contributed by atoms with Gasteiger partial charge in [-0.2, -0.15) is 8.42 Å². The SMILES string of the molecule is CCC(C)N(Cc1ccc(OC)c(OS(C)(=O)=O)c1)C(=O)NC1CCCCC1. The van der Waals surface area contributed by atoms with Crippen LogP contribution in [0.15, 0.2) is 18.2 Å². The number of amides is 2. The highest BCUT2D eigenvalue weighted by Crippen LogP contribution is 2.30. The summed E-state index contributed by atoms with van der Waals surface area (Å²) in [7, 11) is -2.23. The zero-order chi connectivity index (χ0) is 20.7. The minimum Gasteiger partial charge on any atom is -0.493 e. The van der Waals surface area contributed by atoms with E-state index in [-0.39, 0.29) is 23.9 Å². The van der Waals surface area contributed by atoms with E-state index in [1.807, 2.05) is 19.9 Å². The van der Waals surface area contributed by atoms with Gasteiger partial charge in [-0.05, 0) is 43.9 Å². The molecule has 158 valence electrons. The second-order valence-electron chi connectivity index (χ2n) is 7.44. The highest BCUT2D eigenvalue weighted by molar-refractivity contribution is 7.86. The minimum absolute atomic E-state index is 0.0463. The van der Waals surface area contributed by atoms with Crippen LogP contribution >= 0.6 is 0 Å². The van der Waals surface area contributed by atoms with E-state index in [4.69, 9.17) is 8.92 Å². The van der Waals surface area contributed by atoms with Crippen molar-refractivity contribution in [2.75, 3.05) is 13.4 Å². The molecule has 1 aromatic rings. The van der Waals surface area contributed by atoms with Gasteiger partial charge in [0.05, 0.1) is 13.4 Å². The Labute approximate surface area is 168 Å². The summed E-state index contributed by atoms with van der Waals surface area (Å²) < 4.78 is 33.3. The molecule has 0 bridgehead atoms. The van der Waals surface area contributed by atoms with E-state index in [1.165, 1.54) is 13.5 Å². The Morgan fingerprint density at radius 3 is 2.50 bits per heavy atom. The van der Waals surface area contributed by atoms with Crippen LogP contribution in [0, 0.1) is 0 Å². The average Bonchev–Trinajstić information content (AvgIpc) is 2.65. The Morgan fingerprint density at radius 1 is 1.25 bits per heavy atom. The van der Waals surface area contributed by atoms with Crippen LogP contribution in [-0.4, -0.2) is 44.8 Å². The average molecular weight is 413 g/mol. The van der Waals surface area contributed by atoms with Gasteiger partial charge >= 0.3 is 16.1 Å². The van der Waals surface area contributed by atoms with E-state index in [1.54, 1.807) is 17.0 Å². The number of carbonyl (C=O) groups is 1. The van der Waals surface area contributed by atoms with E-state index in [0.29, 0.717) is 12.3 Å². The molecule has 7 nitrogen and oxygen atoms in total. The molecule has 1 aliphatic carbocycles. The first-order chi connectivity index (χ1) is 13.2. The molecule has 1 unspecified atom stereocenters. The Morgan fingerprint density at radius 2 is 1.93 bits per heavy atom. The molecule has 0 radical (unpaired) electrons. The van der Waals surface area contributed by atoms with Crippen LogP contribution in [0.2, 0.25) is 0 Å². The monoisotopic (exact) mass is 412 g/mol. The molecule has 0 heterocycles. The lowest BCUT2D eigenvalue weighted by Crippen LogP contribution is -2.48. The van der Waals surface area contributed by atoms with Crippen LogP contribution in [0.5, 0.6) is 11.5 Å². The number of hydrogen-bond donors (Lipinski definition) is 1. The number of benzene rings is 1. The van der Waals surface area contributed by atoms with Gasteiger partial charge in [0.1, 0.15) is 0 Å². The first-order valence-corrected chi connectivity index (χ1v) is 11.7. The lowest BCUT2D eigenvalue weighted by molar-refractivity contribution is 0.166. The summed E-state index contributed by atoms with van der Waals surface area (Å²) in [6, 6.07) is 5.28. The summed E-state index contributed by atoms with van der Waals surface area (Å²) in [5, 5.41) is 3.17. The second-order valence-corrected chi connectivity index (χ2v) is 9.02. The smallest absolute Gasteiger partial charge is 0.318 e. The predicted octanol–water partition coefficient (Wildman–Crippen LogP) is 3.68. The molecular weight excluding hydrogens is 380 g/mol. The fourth-order valence-corrected chi connectivity index (χ4v) is 3.85. The van der Waals surface area contributed by atoms with Crippen molar-refractivity contribution >= 4 is 16.1 Å². The van der Waals surface area contributed by atoms with Crippen LogP contribution in [-0.2, 0) is 16.7 Å². The number of methoxy groups -OCH3 is 1. The van der Waals surface area contributed by atoms with Crippen molar-refractivity contribution in [2.24, 2.45) is 0 Å². The zero-order valence-electron chi connectivity index (χ0n) is 17.2. The Hall–Kier alpha value is -1.96. The summed E-state index contributed by atoms with van der Waals surface area (Å²) in [6.07, 6.45) is 7.39. The standard InChI is InChI=1S/C20H32N2O5S/c1-5-15(2)22(20(23)21-17-9-7-6-8-10-17)14-16-11-12-18(26-3)19(13-16)27-28(4,24)25/h11-13,15,17H,5-10,14H2,1-4H3,(H,21,23). The molecule has 1 atom stereocenters. The number of ether oxygens (including phenoxy) is 1. The minimum atomic E-state index is -3.68. The van der Waals surface area contributed by atoms with Gasteiger partial charge in [-0.1, -0.05) is 32.3 Å². The fourth-order valence-electron chi connectivity index (χ4n) is 3.40. The molecule has 0 saturated heterocycles. The van der Waals surface area contributed by atoms with E-state index in [2.05, 4.69) is 5.32 Å². The normalized spacial score (nSPS) is 16.3. The van der Waals surface area contributed by atoms with Crippen LogP contribution < -0.4 is 14.2 Å². The number of nitrogens with one attached hydrogen (secondary N) is 1. The van der Waals surface area contributed by atoms with Gasteiger partial charge in [0.2, 0.25) is 0 Å². The molecule has 1 N–H and O–H groups in total. The Balaban J connectivity index is 2.18. The van der Waals surface area contributed by atoms with Crippen molar-refractivity contribution in [3.63, 3.8) is 0 Å². The first-order valence-electron chi connectivity index (χ1n) is 9.87. The van der Waals surface area contributed by atoms with Gasteiger partial charge in [0, 0.05) is 18.6 Å². The number of urea groups is 1. The van der Waals surface area contributed by atoms with Gasteiger partial charge in [-0.3, -0.25) is 0 Å². The third-order valence-corrected chi connectivity index (χ3v) is 5.62. The van der Waals surface area contributed by atoms with Gasteiger partial charge in [0.25, 0.3) is 0 Å². The third kappa shape index (κ3) is 6.58. The summed E-state index contributed by atoms with van der Waals surface area (Å²) >= 11 is 0. The first kappa shape index (κ1) is 22.3. The number of carbonyl (C=O) groups excluding carboxylic acids is 1. The van der Waals surface area contributed by atoms with Crippen molar-refractivity contribution in [1.82, 2.24) is 10.2 Å². The maximum Gasteiger partial charge on any atom is 0.318 e. The maximum atomic E-state index is 12.9. The summed E-state index contributed by atoms with van der Waals surface area (Å²) in [4.78, 5) is 14.7. The van der Waals surface area contributed by atoms with Crippen molar-refractivity contribution in [3.05, 3.63) is 23.8 Å². The maximum absolute atomic E-state index is 12.9. The lowest BCUT2D eigenvalue weighted by Gasteiger charge is -2.32. The quantitative estimate of drug-likeness (QED) is 0.659. The van der Waals surface area contributed by atoms with E-state index < -0.39 is 10.1 Å². The molecule has 2 rings (SSSR count).